The molecule has 0 saturated heterocycles. The van der Waals surface area contributed by atoms with E-state index in [9.17, 15) is 0 Å². The van der Waals surface area contributed by atoms with Crippen LogP contribution in [-0.4, -0.2) is 0 Å². The van der Waals surface area contributed by atoms with Crippen molar-refractivity contribution < 1.29 is 0 Å². The molecule has 7 heavy (non-hydrogen) atoms. The van der Waals surface area contributed by atoms with Gasteiger partial charge in [0.25, 0.3) is 6.57 Å². The zero-order valence-corrected chi connectivity index (χ0v) is 3.91. The third kappa shape index (κ3) is 4.97. The zero-order valence-electron chi connectivity index (χ0n) is 3.91. The lowest BCUT2D eigenvalue weighted by Crippen LogP contribution is -1.41. The van der Waals surface area contributed by atoms with Gasteiger partial charge in [0.2, 0.25) is 0 Å². The smallest absolute Gasteiger partial charge is 0.0799 e. The second-order valence-electron chi connectivity index (χ2n) is 0.875. The van der Waals surface area contributed by atoms with Gasteiger partial charge in [0.1, 0.15) is 0 Å². The molecule has 1 heteroatoms. The van der Waals surface area contributed by atoms with E-state index in [1.807, 2.05) is 0 Å². The van der Waals surface area contributed by atoms with Gasteiger partial charge in [-0.3, -0.25) is 0 Å². The van der Waals surface area contributed by atoms with E-state index in [0.717, 1.165) is 0 Å². The van der Waals surface area contributed by atoms with E-state index in [4.69, 9.17) is 13.5 Å². The average Bonchev–Trinajstić information content (AvgIpc) is 1.69. The number of nitrogens with zero attached hydrogens (tertiary/aromatic N) is 1. The third-order valence-corrected chi connectivity index (χ3v) is 0.394. The van der Waals surface area contributed by atoms with Crippen molar-refractivity contribution in [2.45, 2.75) is 0 Å². The Kier molecular flexibility index (Phi) is 4.24. The summed E-state index contributed by atoms with van der Waals surface area (Å²) in [6, 6.07) is 0. The second-order valence-corrected chi connectivity index (χ2v) is 0.875. The molecule has 0 aromatic rings. The first-order valence-electron chi connectivity index (χ1n) is 1.85. The molecular formula is C6H6N+. The summed E-state index contributed by atoms with van der Waals surface area (Å²) in [7, 11) is 0. The Morgan fingerprint density at radius 1 is 1.29 bits per heavy atom. The lowest BCUT2D eigenvalue weighted by atomic mass is 10.5. The van der Waals surface area contributed by atoms with Crippen LogP contribution in [0.5, 0.6) is 0 Å². The highest BCUT2D eigenvalue weighted by Gasteiger charge is 1.63. The second kappa shape index (κ2) is 4.97. The van der Waals surface area contributed by atoms with Crippen LogP contribution in [0.1, 0.15) is 0 Å². The Morgan fingerprint density at radius 3 is 2.43 bits per heavy atom. The molecule has 0 saturated carbocycles. The predicted molar refractivity (Wildman–Crippen MR) is 30.9 cm³/mol. The Balaban J connectivity index is 3.33. The SMILES string of the molecule is [CH]/C=C/C=C/[N+]#C. The van der Waals surface area contributed by atoms with Crippen molar-refractivity contribution in [3.63, 3.8) is 0 Å². The monoisotopic (exact) mass is 92.0 g/mol. The van der Waals surface area contributed by atoms with Gasteiger partial charge in [0, 0.05) is 6.08 Å². The fourth-order valence-electron chi connectivity index (χ4n) is 0.164. The Morgan fingerprint density at radius 2 is 2.00 bits per heavy atom. The van der Waals surface area contributed by atoms with Crippen LogP contribution in [0.25, 0.3) is 4.85 Å². The molecule has 0 aliphatic carbocycles. The van der Waals surface area contributed by atoms with Crippen LogP contribution >= 0.6 is 0 Å². The molecule has 34 valence electrons. The van der Waals surface area contributed by atoms with Crippen molar-refractivity contribution in [2.75, 3.05) is 0 Å². The largest absolute Gasteiger partial charge is 0.305 e. The molecule has 0 aliphatic heterocycles. The first-order valence-corrected chi connectivity index (χ1v) is 1.85. The van der Waals surface area contributed by atoms with Crippen molar-refractivity contribution in [3.8, 4) is 6.57 Å². The molecule has 0 heterocycles. The Labute approximate surface area is 43.8 Å². The maximum atomic E-state index is 4.96. The molecule has 0 aliphatic rings. The standard InChI is InChI=1S/C6H6N/c1-3-4-5-6-7-2/h1-6H/q+1/b4-3+,6-5+. The average molecular weight is 92.1 g/mol. The highest BCUT2D eigenvalue weighted by molar-refractivity contribution is 5.06. The van der Waals surface area contributed by atoms with Crippen LogP contribution in [0.2, 0.25) is 0 Å². The zero-order chi connectivity index (χ0) is 5.54. The number of allylic oxidation sites excluding steroid dienone is 3. The number of hydrogen-bond acceptors (Lipinski definition) is 0. The molecular weight excluding hydrogens is 86.1 g/mol. The Bertz CT molecular complexity index is 115. The van der Waals surface area contributed by atoms with Crippen molar-refractivity contribution in [2.24, 2.45) is 0 Å². The minimum atomic E-state index is 1.40. The first kappa shape index (κ1) is 5.97. The minimum absolute atomic E-state index is 1.40. The molecule has 2 radical (unpaired) electrons. The fraction of sp³-hybridized carbons (Fsp3) is 0. The molecule has 0 spiro atoms. The molecule has 0 fully saturated rings. The summed E-state index contributed by atoms with van der Waals surface area (Å²) < 4.78 is 0. The van der Waals surface area contributed by atoms with Crippen LogP contribution < -0.4 is 0 Å². The van der Waals surface area contributed by atoms with Crippen LogP contribution in [0.3, 0.4) is 0 Å². The predicted octanol–water partition coefficient (Wildman–Crippen LogP) is 1.73. The highest BCUT2D eigenvalue weighted by Crippen LogP contribution is 1.74. The van der Waals surface area contributed by atoms with Gasteiger partial charge in [0.15, 0.2) is 0 Å². The molecule has 0 bridgehead atoms. The summed E-state index contributed by atoms with van der Waals surface area (Å²) in [4.78, 5) is 3.19. The topological polar surface area (TPSA) is 4.36 Å². The Hall–Kier alpha value is -1.03. The molecule has 0 amide bonds. The quantitative estimate of drug-likeness (QED) is 0.434. The van der Waals surface area contributed by atoms with Crippen molar-refractivity contribution in [1.29, 1.82) is 0 Å². The molecule has 0 aromatic carbocycles. The molecule has 0 unspecified atom stereocenters. The normalized spacial score (nSPS) is 10.3. The van der Waals surface area contributed by atoms with Gasteiger partial charge in [-0.15, -0.1) is 0 Å². The van der Waals surface area contributed by atoms with Crippen LogP contribution in [0.15, 0.2) is 24.4 Å². The minimum Gasteiger partial charge on any atom is -0.0799 e. The van der Waals surface area contributed by atoms with Crippen molar-refractivity contribution >= 4 is 0 Å². The third-order valence-electron chi connectivity index (χ3n) is 0.394. The van der Waals surface area contributed by atoms with Gasteiger partial charge < -0.3 is 0 Å². The summed E-state index contributed by atoms with van der Waals surface area (Å²) in [6.45, 7) is 9.69. The number of rotatable bonds is 1. The van der Waals surface area contributed by atoms with E-state index in [0.29, 0.717) is 0 Å². The van der Waals surface area contributed by atoms with Crippen molar-refractivity contribution in [1.82, 2.24) is 0 Å². The molecule has 1 nitrogen and oxygen atoms in total. The van der Waals surface area contributed by atoms with E-state index in [2.05, 4.69) is 4.85 Å². The van der Waals surface area contributed by atoms with E-state index < -0.39 is 0 Å². The summed E-state index contributed by atoms with van der Waals surface area (Å²) in [5.41, 5.74) is 0. The van der Waals surface area contributed by atoms with E-state index in [1.165, 1.54) is 12.3 Å². The molecule has 0 N–H and O–H groups in total. The van der Waals surface area contributed by atoms with Crippen LogP contribution in [0.4, 0.5) is 0 Å². The van der Waals surface area contributed by atoms with Gasteiger partial charge in [0.05, 0.1) is 0 Å². The lowest BCUT2D eigenvalue weighted by molar-refractivity contribution is 1.91. The molecule has 0 atom stereocenters. The van der Waals surface area contributed by atoms with Gasteiger partial charge in [-0.25, -0.2) is 0 Å². The number of hydrogen-bond donors (Lipinski definition) is 0. The van der Waals surface area contributed by atoms with Crippen LogP contribution in [-0.2, 0) is 0 Å². The van der Waals surface area contributed by atoms with Gasteiger partial charge in [-0.2, -0.15) is 0 Å². The fourth-order valence-corrected chi connectivity index (χ4v) is 0.164. The first-order chi connectivity index (χ1) is 3.41. The van der Waals surface area contributed by atoms with Crippen molar-refractivity contribution in [3.05, 3.63) is 36.2 Å². The van der Waals surface area contributed by atoms with Gasteiger partial charge in [-0.05, 0) is 11.8 Å². The highest BCUT2D eigenvalue weighted by atomic mass is 14.6. The summed E-state index contributed by atoms with van der Waals surface area (Å²) in [5.74, 6) is 0. The van der Waals surface area contributed by atoms with E-state index in [-0.39, 0.29) is 0 Å². The maximum Gasteiger partial charge on any atom is 0.305 e. The molecule has 0 aromatic heterocycles. The summed E-state index contributed by atoms with van der Waals surface area (Å²) in [5, 5.41) is 0. The van der Waals surface area contributed by atoms with Crippen LogP contribution in [0, 0.1) is 13.5 Å². The summed E-state index contributed by atoms with van der Waals surface area (Å²) in [6.07, 6.45) is 6.13. The lowest BCUT2D eigenvalue weighted by Gasteiger charge is -1.55. The summed E-state index contributed by atoms with van der Waals surface area (Å²) >= 11 is 0. The molecule has 0 rings (SSSR count). The van der Waals surface area contributed by atoms with E-state index >= 15 is 0 Å². The maximum absolute atomic E-state index is 4.96. The van der Waals surface area contributed by atoms with E-state index in [1.54, 1.807) is 12.2 Å². The van der Waals surface area contributed by atoms with Gasteiger partial charge in [-0.1, -0.05) is 12.2 Å². The van der Waals surface area contributed by atoms with Gasteiger partial charge >= 0.3 is 6.20 Å².